The van der Waals surface area contributed by atoms with Crippen molar-refractivity contribution in [2.75, 3.05) is 5.32 Å². The average molecular weight is 319 g/mol. The first-order valence-corrected chi connectivity index (χ1v) is 7.70. The molecule has 0 atom stereocenters. The summed E-state index contributed by atoms with van der Waals surface area (Å²) in [5.41, 5.74) is 3.00. The summed E-state index contributed by atoms with van der Waals surface area (Å²) in [6.45, 7) is 2.52. The molecule has 1 N–H and O–H groups in total. The van der Waals surface area contributed by atoms with Gasteiger partial charge in [0.2, 0.25) is 0 Å². The van der Waals surface area contributed by atoms with Crippen LogP contribution in [0.3, 0.4) is 0 Å². The Balaban J connectivity index is 1.67. The van der Waals surface area contributed by atoms with E-state index in [1.54, 1.807) is 17.1 Å². The predicted molar refractivity (Wildman–Crippen MR) is 91.9 cm³/mol. The highest BCUT2D eigenvalue weighted by Gasteiger charge is 2.11. The van der Waals surface area contributed by atoms with Gasteiger partial charge in [-0.15, -0.1) is 0 Å². The quantitative estimate of drug-likeness (QED) is 0.625. The molecule has 7 nitrogen and oxygen atoms in total. The number of anilines is 1. The second-order valence-corrected chi connectivity index (χ2v) is 5.56. The van der Waals surface area contributed by atoms with Crippen LogP contribution in [0.4, 0.5) is 5.82 Å². The van der Waals surface area contributed by atoms with E-state index in [0.717, 1.165) is 28.1 Å². The zero-order chi connectivity index (χ0) is 16.5. The third-order valence-electron chi connectivity index (χ3n) is 3.89. The molecule has 1 aromatic carbocycles. The van der Waals surface area contributed by atoms with Crippen LogP contribution in [-0.4, -0.2) is 29.5 Å². The van der Waals surface area contributed by atoms with Gasteiger partial charge in [0.05, 0.1) is 17.3 Å². The molecule has 120 valence electrons. The normalized spacial score (nSPS) is 11.1. The molecule has 0 unspecified atom stereocenters. The van der Waals surface area contributed by atoms with Crippen LogP contribution in [0.15, 0.2) is 48.9 Å². The maximum Gasteiger partial charge on any atom is 0.163 e. The molecular weight excluding hydrogens is 302 g/mol. The zero-order valence-electron chi connectivity index (χ0n) is 13.5. The van der Waals surface area contributed by atoms with Crippen LogP contribution in [0.5, 0.6) is 0 Å². The molecule has 7 heteroatoms. The highest BCUT2D eigenvalue weighted by atomic mass is 15.3. The molecule has 0 aliphatic carbocycles. The summed E-state index contributed by atoms with van der Waals surface area (Å²) < 4.78 is 3.62. The standard InChI is InChI=1S/C17H17N7/c1-12-21-16(14-11-20-23(2)17(14)22-12)18-10-13-6-3-4-7-15(13)24-9-5-8-19-24/h3-9,11H,10H2,1-2H3,(H,18,21,22). The highest BCUT2D eigenvalue weighted by molar-refractivity contribution is 5.86. The van der Waals surface area contributed by atoms with E-state index in [1.807, 2.05) is 43.0 Å². The largest absolute Gasteiger partial charge is 0.365 e. The first-order valence-electron chi connectivity index (χ1n) is 7.70. The molecule has 0 saturated heterocycles. The van der Waals surface area contributed by atoms with Crippen molar-refractivity contribution in [1.29, 1.82) is 0 Å². The van der Waals surface area contributed by atoms with Crippen LogP contribution >= 0.6 is 0 Å². The summed E-state index contributed by atoms with van der Waals surface area (Å²) in [7, 11) is 1.88. The van der Waals surface area contributed by atoms with Gasteiger partial charge in [-0.25, -0.2) is 14.6 Å². The minimum absolute atomic E-state index is 0.635. The molecule has 4 rings (SSSR count). The summed E-state index contributed by atoms with van der Waals surface area (Å²) in [6.07, 6.45) is 5.50. The van der Waals surface area contributed by atoms with E-state index < -0.39 is 0 Å². The number of benzene rings is 1. The van der Waals surface area contributed by atoms with Crippen LogP contribution in [0, 0.1) is 6.92 Å². The van der Waals surface area contributed by atoms with Crippen molar-refractivity contribution in [3.8, 4) is 5.69 Å². The van der Waals surface area contributed by atoms with Crippen LogP contribution in [0.2, 0.25) is 0 Å². The summed E-state index contributed by atoms with van der Waals surface area (Å²) in [5, 5.41) is 12.9. The third-order valence-corrected chi connectivity index (χ3v) is 3.89. The monoisotopic (exact) mass is 319 g/mol. The van der Waals surface area contributed by atoms with Crippen LogP contribution in [0.1, 0.15) is 11.4 Å². The van der Waals surface area contributed by atoms with Crippen molar-refractivity contribution in [1.82, 2.24) is 29.5 Å². The van der Waals surface area contributed by atoms with Gasteiger partial charge in [-0.2, -0.15) is 10.2 Å². The molecule has 0 fully saturated rings. The topological polar surface area (TPSA) is 73.5 Å². The first kappa shape index (κ1) is 14.4. The molecule has 24 heavy (non-hydrogen) atoms. The maximum atomic E-state index is 4.52. The minimum atomic E-state index is 0.635. The number of aromatic nitrogens is 6. The number of nitrogens with zero attached hydrogens (tertiary/aromatic N) is 6. The lowest BCUT2D eigenvalue weighted by Gasteiger charge is -2.12. The van der Waals surface area contributed by atoms with E-state index in [4.69, 9.17) is 0 Å². The molecule has 3 heterocycles. The molecule has 3 aromatic heterocycles. The Bertz CT molecular complexity index is 986. The van der Waals surface area contributed by atoms with Gasteiger partial charge in [0, 0.05) is 26.0 Å². The number of rotatable bonds is 4. The zero-order valence-corrected chi connectivity index (χ0v) is 13.5. The molecule has 0 spiro atoms. The van der Waals surface area contributed by atoms with Gasteiger partial charge in [0.25, 0.3) is 0 Å². The molecule has 0 saturated carbocycles. The lowest BCUT2D eigenvalue weighted by atomic mass is 10.1. The van der Waals surface area contributed by atoms with Gasteiger partial charge in [-0.05, 0) is 24.6 Å². The van der Waals surface area contributed by atoms with E-state index in [-0.39, 0.29) is 0 Å². The molecule has 0 bridgehead atoms. The molecule has 0 amide bonds. The van der Waals surface area contributed by atoms with E-state index in [9.17, 15) is 0 Å². The lowest BCUT2D eigenvalue weighted by Crippen LogP contribution is -2.08. The van der Waals surface area contributed by atoms with Crippen molar-refractivity contribution in [3.63, 3.8) is 0 Å². The molecule has 4 aromatic rings. The van der Waals surface area contributed by atoms with Gasteiger partial charge in [-0.1, -0.05) is 18.2 Å². The second kappa shape index (κ2) is 5.77. The lowest BCUT2D eigenvalue weighted by molar-refractivity contribution is 0.783. The second-order valence-electron chi connectivity index (χ2n) is 5.56. The number of nitrogens with one attached hydrogen (secondary N) is 1. The van der Waals surface area contributed by atoms with E-state index in [1.165, 1.54) is 0 Å². The van der Waals surface area contributed by atoms with Crippen LogP contribution in [-0.2, 0) is 13.6 Å². The number of hydrogen-bond donors (Lipinski definition) is 1. The fraction of sp³-hybridized carbons (Fsp3) is 0.176. The minimum Gasteiger partial charge on any atom is -0.365 e. The summed E-state index contributed by atoms with van der Waals surface area (Å²) in [4.78, 5) is 8.97. The van der Waals surface area contributed by atoms with E-state index in [2.05, 4.69) is 37.6 Å². The fourth-order valence-electron chi connectivity index (χ4n) is 2.74. The van der Waals surface area contributed by atoms with Crippen LogP contribution < -0.4 is 5.32 Å². The summed E-state index contributed by atoms with van der Waals surface area (Å²) in [6, 6.07) is 10.1. The number of aryl methyl sites for hydroxylation is 2. The molecule has 0 aliphatic rings. The first-order chi connectivity index (χ1) is 11.7. The Morgan fingerprint density at radius 3 is 2.79 bits per heavy atom. The number of fused-ring (bicyclic) bond motifs is 1. The third kappa shape index (κ3) is 2.50. The van der Waals surface area contributed by atoms with Crippen molar-refractivity contribution >= 4 is 16.9 Å². The maximum absolute atomic E-state index is 4.52. The van der Waals surface area contributed by atoms with E-state index in [0.29, 0.717) is 12.4 Å². The summed E-state index contributed by atoms with van der Waals surface area (Å²) >= 11 is 0. The fourth-order valence-corrected chi connectivity index (χ4v) is 2.74. The average Bonchev–Trinajstić information content (AvgIpc) is 3.24. The van der Waals surface area contributed by atoms with Gasteiger partial charge in [-0.3, -0.25) is 4.68 Å². The van der Waals surface area contributed by atoms with Crippen LogP contribution in [0.25, 0.3) is 16.7 Å². The smallest absolute Gasteiger partial charge is 0.163 e. The highest BCUT2D eigenvalue weighted by Crippen LogP contribution is 2.21. The Morgan fingerprint density at radius 2 is 1.96 bits per heavy atom. The van der Waals surface area contributed by atoms with Gasteiger partial charge in [0.1, 0.15) is 11.6 Å². The van der Waals surface area contributed by atoms with Crippen molar-refractivity contribution in [2.24, 2.45) is 7.05 Å². The van der Waals surface area contributed by atoms with Gasteiger partial charge in [0.15, 0.2) is 5.65 Å². The summed E-state index contributed by atoms with van der Waals surface area (Å²) in [5.74, 6) is 1.51. The predicted octanol–water partition coefficient (Wildman–Crippen LogP) is 2.47. The van der Waals surface area contributed by atoms with Gasteiger partial charge >= 0.3 is 0 Å². The Morgan fingerprint density at radius 1 is 1.08 bits per heavy atom. The van der Waals surface area contributed by atoms with Gasteiger partial charge < -0.3 is 5.32 Å². The molecule has 0 aliphatic heterocycles. The number of hydrogen-bond acceptors (Lipinski definition) is 5. The Labute approximate surface area is 139 Å². The van der Waals surface area contributed by atoms with Crippen molar-refractivity contribution in [3.05, 3.63) is 60.3 Å². The van der Waals surface area contributed by atoms with Crippen molar-refractivity contribution in [2.45, 2.75) is 13.5 Å². The Hall–Kier alpha value is -3.22. The Kier molecular flexibility index (Phi) is 3.45. The number of para-hydroxylation sites is 1. The SMILES string of the molecule is Cc1nc(NCc2ccccc2-n2cccn2)c2cnn(C)c2n1. The van der Waals surface area contributed by atoms with Crippen molar-refractivity contribution < 1.29 is 0 Å². The van der Waals surface area contributed by atoms with E-state index >= 15 is 0 Å². The molecule has 0 radical (unpaired) electrons. The molecular formula is C17H17N7.